The largest absolute Gasteiger partial charge is 0.367 e. The molecule has 1 amide bonds. The van der Waals surface area contributed by atoms with Crippen molar-refractivity contribution in [1.29, 1.82) is 0 Å². The molecule has 3 rings (SSSR count). The summed E-state index contributed by atoms with van der Waals surface area (Å²) in [4.78, 5) is 18.8. The minimum absolute atomic E-state index is 0.0753. The molecule has 1 aliphatic heterocycles. The van der Waals surface area contributed by atoms with Gasteiger partial charge in [-0.25, -0.2) is 4.98 Å². The van der Waals surface area contributed by atoms with Gasteiger partial charge in [0.25, 0.3) is 5.91 Å². The number of likely N-dealkylation sites (tertiary alicyclic amines) is 1. The SMILES string of the molecule is CC1CCN(C(=O)c2cccc(NC3CC3)n2)CC1. The van der Waals surface area contributed by atoms with Crippen molar-refractivity contribution < 1.29 is 4.79 Å². The number of carbonyl (C=O) groups excluding carboxylic acids is 1. The van der Waals surface area contributed by atoms with Crippen molar-refractivity contribution in [1.82, 2.24) is 9.88 Å². The average Bonchev–Trinajstić information content (AvgIpc) is 3.23. The zero-order chi connectivity index (χ0) is 13.2. The van der Waals surface area contributed by atoms with Gasteiger partial charge in [-0.3, -0.25) is 4.79 Å². The average molecular weight is 259 g/mol. The Morgan fingerprint density at radius 3 is 2.68 bits per heavy atom. The van der Waals surface area contributed by atoms with Crippen LogP contribution in [0.3, 0.4) is 0 Å². The van der Waals surface area contributed by atoms with Crippen LogP contribution in [-0.2, 0) is 0 Å². The number of aromatic nitrogens is 1. The van der Waals surface area contributed by atoms with Gasteiger partial charge in [-0.15, -0.1) is 0 Å². The summed E-state index contributed by atoms with van der Waals surface area (Å²) in [5.41, 5.74) is 0.570. The van der Waals surface area contributed by atoms with Crippen LogP contribution in [0.2, 0.25) is 0 Å². The number of nitrogens with one attached hydrogen (secondary N) is 1. The minimum Gasteiger partial charge on any atom is -0.367 e. The Morgan fingerprint density at radius 2 is 2.00 bits per heavy atom. The number of hydrogen-bond donors (Lipinski definition) is 1. The third kappa shape index (κ3) is 3.06. The first-order chi connectivity index (χ1) is 9.22. The summed E-state index contributed by atoms with van der Waals surface area (Å²) in [6, 6.07) is 6.23. The van der Waals surface area contributed by atoms with Crippen molar-refractivity contribution in [2.75, 3.05) is 18.4 Å². The molecule has 0 atom stereocenters. The maximum absolute atomic E-state index is 12.4. The number of hydrogen-bond acceptors (Lipinski definition) is 3. The Bertz CT molecular complexity index is 462. The highest BCUT2D eigenvalue weighted by Gasteiger charge is 2.24. The Morgan fingerprint density at radius 1 is 1.26 bits per heavy atom. The van der Waals surface area contributed by atoms with Gasteiger partial charge in [0.2, 0.25) is 0 Å². The van der Waals surface area contributed by atoms with Crippen LogP contribution in [0.1, 0.15) is 43.1 Å². The van der Waals surface area contributed by atoms with Gasteiger partial charge in [-0.1, -0.05) is 13.0 Å². The van der Waals surface area contributed by atoms with Crippen LogP contribution >= 0.6 is 0 Å². The molecule has 4 heteroatoms. The monoisotopic (exact) mass is 259 g/mol. The fraction of sp³-hybridized carbons (Fsp3) is 0.600. The molecule has 2 heterocycles. The van der Waals surface area contributed by atoms with Crippen molar-refractivity contribution in [2.24, 2.45) is 5.92 Å². The molecule has 0 unspecified atom stereocenters. The molecule has 2 aliphatic rings. The van der Waals surface area contributed by atoms with Crippen LogP contribution in [-0.4, -0.2) is 34.9 Å². The minimum atomic E-state index is 0.0753. The molecule has 1 saturated carbocycles. The van der Waals surface area contributed by atoms with Crippen molar-refractivity contribution in [3.63, 3.8) is 0 Å². The summed E-state index contributed by atoms with van der Waals surface area (Å²) in [6.45, 7) is 3.98. The maximum atomic E-state index is 12.4. The lowest BCUT2D eigenvalue weighted by Gasteiger charge is -2.30. The Balaban J connectivity index is 1.68. The van der Waals surface area contributed by atoms with E-state index in [1.807, 2.05) is 23.1 Å². The lowest BCUT2D eigenvalue weighted by molar-refractivity contribution is 0.0691. The molecule has 102 valence electrons. The van der Waals surface area contributed by atoms with Gasteiger partial charge in [0.05, 0.1) is 0 Å². The number of anilines is 1. The predicted molar refractivity (Wildman–Crippen MR) is 75.2 cm³/mol. The number of nitrogens with zero attached hydrogens (tertiary/aromatic N) is 2. The third-order valence-electron chi connectivity index (χ3n) is 3.97. The van der Waals surface area contributed by atoms with Crippen molar-refractivity contribution in [3.8, 4) is 0 Å². The van der Waals surface area contributed by atoms with Gasteiger partial charge in [0, 0.05) is 19.1 Å². The van der Waals surface area contributed by atoms with E-state index in [2.05, 4.69) is 17.2 Å². The zero-order valence-electron chi connectivity index (χ0n) is 11.4. The van der Waals surface area contributed by atoms with Gasteiger partial charge < -0.3 is 10.2 Å². The number of carbonyl (C=O) groups is 1. The fourth-order valence-electron chi connectivity index (χ4n) is 2.44. The molecule has 0 aromatic carbocycles. The molecule has 2 fully saturated rings. The Kier molecular flexibility index (Phi) is 3.40. The van der Waals surface area contributed by atoms with Crippen molar-refractivity contribution in [3.05, 3.63) is 23.9 Å². The van der Waals surface area contributed by atoms with Gasteiger partial charge in [0.1, 0.15) is 11.5 Å². The summed E-state index contributed by atoms with van der Waals surface area (Å²) in [5, 5.41) is 3.34. The lowest BCUT2D eigenvalue weighted by atomic mass is 9.99. The maximum Gasteiger partial charge on any atom is 0.272 e. The number of amides is 1. The number of rotatable bonds is 3. The highest BCUT2D eigenvalue weighted by Crippen LogP contribution is 2.24. The normalized spacial score (nSPS) is 20.4. The standard InChI is InChI=1S/C15H21N3O/c1-11-7-9-18(10-8-11)15(19)13-3-2-4-14(17-13)16-12-5-6-12/h2-4,11-12H,5-10H2,1H3,(H,16,17). The van der Waals surface area contributed by atoms with E-state index in [4.69, 9.17) is 0 Å². The van der Waals surface area contributed by atoms with E-state index in [0.29, 0.717) is 11.7 Å². The van der Waals surface area contributed by atoms with Crippen LogP contribution < -0.4 is 5.32 Å². The molecule has 1 aromatic heterocycles. The predicted octanol–water partition coefficient (Wildman–Crippen LogP) is 2.53. The van der Waals surface area contributed by atoms with E-state index in [9.17, 15) is 4.79 Å². The molecular weight excluding hydrogens is 238 g/mol. The summed E-state index contributed by atoms with van der Waals surface area (Å²) in [7, 11) is 0. The number of piperidine rings is 1. The van der Waals surface area contributed by atoms with Gasteiger partial charge in [0.15, 0.2) is 0 Å². The van der Waals surface area contributed by atoms with E-state index < -0.39 is 0 Å². The van der Waals surface area contributed by atoms with Crippen LogP contribution in [0, 0.1) is 5.92 Å². The van der Waals surface area contributed by atoms with Crippen molar-refractivity contribution >= 4 is 11.7 Å². The Hall–Kier alpha value is -1.58. The first-order valence-corrected chi connectivity index (χ1v) is 7.25. The quantitative estimate of drug-likeness (QED) is 0.907. The van der Waals surface area contributed by atoms with E-state index >= 15 is 0 Å². The molecule has 4 nitrogen and oxygen atoms in total. The van der Waals surface area contributed by atoms with Crippen LogP contribution in [0.4, 0.5) is 5.82 Å². The molecule has 0 bridgehead atoms. The molecule has 0 radical (unpaired) electrons. The van der Waals surface area contributed by atoms with Gasteiger partial charge in [-0.2, -0.15) is 0 Å². The third-order valence-corrected chi connectivity index (χ3v) is 3.97. The number of pyridine rings is 1. The Labute approximate surface area is 114 Å². The summed E-state index contributed by atoms with van der Waals surface area (Å²) in [5.74, 6) is 1.64. The van der Waals surface area contributed by atoms with E-state index in [1.165, 1.54) is 12.8 Å². The lowest BCUT2D eigenvalue weighted by Crippen LogP contribution is -2.38. The second kappa shape index (κ2) is 5.19. The van der Waals surface area contributed by atoms with Crippen LogP contribution in [0.5, 0.6) is 0 Å². The molecule has 19 heavy (non-hydrogen) atoms. The molecule has 1 aromatic rings. The van der Waals surface area contributed by atoms with Crippen molar-refractivity contribution in [2.45, 2.75) is 38.6 Å². The van der Waals surface area contributed by atoms with Gasteiger partial charge >= 0.3 is 0 Å². The van der Waals surface area contributed by atoms with Crippen LogP contribution in [0.15, 0.2) is 18.2 Å². The second-order valence-electron chi connectivity index (χ2n) is 5.80. The summed E-state index contributed by atoms with van der Waals surface area (Å²) < 4.78 is 0. The highest BCUT2D eigenvalue weighted by molar-refractivity contribution is 5.92. The molecular formula is C15H21N3O. The first kappa shape index (κ1) is 12.5. The van der Waals surface area contributed by atoms with E-state index in [0.717, 1.165) is 37.7 Å². The molecule has 1 aliphatic carbocycles. The van der Waals surface area contributed by atoms with Crippen LogP contribution in [0.25, 0.3) is 0 Å². The molecule has 1 saturated heterocycles. The fourth-order valence-corrected chi connectivity index (χ4v) is 2.44. The summed E-state index contributed by atoms with van der Waals surface area (Å²) >= 11 is 0. The smallest absolute Gasteiger partial charge is 0.272 e. The van der Waals surface area contributed by atoms with E-state index in [1.54, 1.807) is 0 Å². The highest BCUT2D eigenvalue weighted by atomic mass is 16.2. The molecule has 0 spiro atoms. The first-order valence-electron chi connectivity index (χ1n) is 7.25. The molecule has 1 N–H and O–H groups in total. The van der Waals surface area contributed by atoms with Gasteiger partial charge in [-0.05, 0) is 43.7 Å². The second-order valence-corrected chi connectivity index (χ2v) is 5.80. The summed E-state index contributed by atoms with van der Waals surface area (Å²) in [6.07, 6.45) is 4.63. The topological polar surface area (TPSA) is 45.2 Å². The zero-order valence-corrected chi connectivity index (χ0v) is 11.4. The van der Waals surface area contributed by atoms with E-state index in [-0.39, 0.29) is 5.91 Å².